The summed E-state index contributed by atoms with van der Waals surface area (Å²) < 4.78 is 13.6. The highest BCUT2D eigenvalue weighted by molar-refractivity contribution is 5.86. The highest BCUT2D eigenvalue weighted by Crippen LogP contribution is 2.37. The third-order valence-electron chi connectivity index (χ3n) is 3.31. The van der Waals surface area contributed by atoms with E-state index in [9.17, 15) is 9.18 Å². The minimum atomic E-state index is -1.53. The maximum absolute atomic E-state index is 13.6. The summed E-state index contributed by atoms with van der Waals surface area (Å²) in [6, 6.07) is 0.142. The van der Waals surface area contributed by atoms with Crippen molar-refractivity contribution in [3.8, 4) is 0 Å². The second kappa shape index (κ2) is 5.65. The van der Waals surface area contributed by atoms with Crippen LogP contribution in [0.2, 0.25) is 0 Å². The maximum Gasteiger partial charge on any atom is 0.257 e. The van der Waals surface area contributed by atoms with E-state index in [-0.39, 0.29) is 11.9 Å². The molecule has 0 saturated heterocycles. The predicted molar refractivity (Wildman–Crippen MR) is 64.0 cm³/mol. The second-order valence-corrected chi connectivity index (χ2v) is 4.87. The summed E-state index contributed by atoms with van der Waals surface area (Å²) in [4.78, 5) is 11.5. The fraction of sp³-hybridized carbons (Fsp3) is 0.923. The van der Waals surface area contributed by atoms with Crippen molar-refractivity contribution in [1.29, 1.82) is 0 Å². The van der Waals surface area contributed by atoms with E-state index in [1.54, 1.807) is 0 Å². The summed E-state index contributed by atoms with van der Waals surface area (Å²) in [6.07, 6.45) is 5.24. The zero-order valence-electron chi connectivity index (χ0n) is 10.7. The standard InChI is InChI=1S/C11H18FNO.C2H6/c1-8(7-9-3-4-9)13-10(14)11(12)5-2-6-11;1-2/h8-9H,2-7H2,1H3,(H,13,14);1-2H3. The van der Waals surface area contributed by atoms with Crippen molar-refractivity contribution in [2.75, 3.05) is 0 Å². The van der Waals surface area contributed by atoms with E-state index in [4.69, 9.17) is 0 Å². The van der Waals surface area contributed by atoms with Crippen LogP contribution in [-0.4, -0.2) is 17.6 Å². The van der Waals surface area contributed by atoms with Gasteiger partial charge in [0.15, 0.2) is 5.67 Å². The average molecular weight is 229 g/mol. The number of hydrogen-bond acceptors (Lipinski definition) is 1. The SMILES string of the molecule is CC.CC(CC1CC1)NC(=O)C1(F)CCC1. The van der Waals surface area contributed by atoms with Gasteiger partial charge in [0.05, 0.1) is 0 Å². The van der Waals surface area contributed by atoms with Gasteiger partial charge in [-0.05, 0) is 38.5 Å². The molecule has 0 spiro atoms. The number of rotatable bonds is 4. The number of carbonyl (C=O) groups is 1. The van der Waals surface area contributed by atoms with Gasteiger partial charge in [0.25, 0.3) is 5.91 Å². The number of hydrogen-bond donors (Lipinski definition) is 1. The molecule has 3 heteroatoms. The second-order valence-electron chi connectivity index (χ2n) is 4.87. The van der Waals surface area contributed by atoms with E-state index in [1.165, 1.54) is 12.8 Å². The van der Waals surface area contributed by atoms with Gasteiger partial charge in [-0.2, -0.15) is 0 Å². The van der Waals surface area contributed by atoms with Gasteiger partial charge in [0.1, 0.15) is 0 Å². The molecule has 1 amide bonds. The molecule has 2 aliphatic rings. The third-order valence-corrected chi connectivity index (χ3v) is 3.31. The van der Waals surface area contributed by atoms with E-state index in [0.717, 1.165) is 18.8 Å². The molecule has 0 aromatic rings. The van der Waals surface area contributed by atoms with Crippen LogP contribution in [0.25, 0.3) is 0 Å². The van der Waals surface area contributed by atoms with Crippen LogP contribution in [0.1, 0.15) is 59.3 Å². The van der Waals surface area contributed by atoms with E-state index < -0.39 is 5.67 Å². The van der Waals surface area contributed by atoms with Crippen molar-refractivity contribution in [2.45, 2.75) is 71.0 Å². The summed E-state index contributed by atoms with van der Waals surface area (Å²) >= 11 is 0. The summed E-state index contributed by atoms with van der Waals surface area (Å²) in [5.41, 5.74) is -1.53. The summed E-state index contributed by atoms with van der Waals surface area (Å²) in [6.45, 7) is 5.97. The zero-order valence-corrected chi connectivity index (χ0v) is 10.7. The molecule has 0 aliphatic heterocycles. The van der Waals surface area contributed by atoms with E-state index in [1.807, 2.05) is 20.8 Å². The molecule has 0 aromatic heterocycles. The number of halogens is 1. The molecule has 94 valence electrons. The normalized spacial score (nSPS) is 23.5. The number of carbonyl (C=O) groups excluding carboxylic acids is 1. The van der Waals surface area contributed by atoms with Crippen molar-refractivity contribution in [3.63, 3.8) is 0 Å². The van der Waals surface area contributed by atoms with Gasteiger partial charge in [-0.1, -0.05) is 26.7 Å². The Morgan fingerprint density at radius 2 is 2.00 bits per heavy atom. The van der Waals surface area contributed by atoms with Crippen molar-refractivity contribution in [3.05, 3.63) is 0 Å². The largest absolute Gasteiger partial charge is 0.351 e. The van der Waals surface area contributed by atoms with Crippen molar-refractivity contribution < 1.29 is 9.18 Å². The van der Waals surface area contributed by atoms with E-state index in [2.05, 4.69) is 5.32 Å². The predicted octanol–water partition coefficient (Wildman–Crippen LogP) is 3.21. The number of amides is 1. The molecular formula is C13H24FNO. The van der Waals surface area contributed by atoms with E-state index >= 15 is 0 Å². The fourth-order valence-corrected chi connectivity index (χ4v) is 1.98. The molecule has 2 saturated carbocycles. The summed E-state index contributed by atoms with van der Waals surface area (Å²) in [7, 11) is 0. The van der Waals surface area contributed by atoms with Gasteiger partial charge in [0.2, 0.25) is 0 Å². The average Bonchev–Trinajstić information content (AvgIpc) is 3.00. The Hall–Kier alpha value is -0.600. The first-order chi connectivity index (χ1) is 7.60. The van der Waals surface area contributed by atoms with Crippen LogP contribution in [0, 0.1) is 5.92 Å². The molecule has 0 bridgehead atoms. The Morgan fingerprint density at radius 3 is 2.38 bits per heavy atom. The molecule has 0 heterocycles. The highest BCUT2D eigenvalue weighted by Gasteiger charge is 2.45. The number of alkyl halides is 1. The van der Waals surface area contributed by atoms with Crippen molar-refractivity contribution in [2.24, 2.45) is 5.92 Å². The highest BCUT2D eigenvalue weighted by atomic mass is 19.1. The number of nitrogens with one attached hydrogen (secondary N) is 1. The first-order valence-electron chi connectivity index (χ1n) is 6.60. The van der Waals surface area contributed by atoms with Gasteiger partial charge >= 0.3 is 0 Å². The summed E-state index contributed by atoms with van der Waals surface area (Å²) in [5.74, 6) is 0.402. The van der Waals surface area contributed by atoms with Crippen LogP contribution in [-0.2, 0) is 4.79 Å². The molecule has 2 nitrogen and oxygen atoms in total. The monoisotopic (exact) mass is 229 g/mol. The van der Waals surface area contributed by atoms with Gasteiger partial charge in [0, 0.05) is 6.04 Å². The lowest BCUT2D eigenvalue weighted by molar-refractivity contribution is -0.139. The lowest BCUT2D eigenvalue weighted by Gasteiger charge is -2.33. The molecular weight excluding hydrogens is 205 g/mol. The molecule has 1 unspecified atom stereocenters. The van der Waals surface area contributed by atoms with Gasteiger partial charge in [-0.25, -0.2) is 4.39 Å². The molecule has 1 N–H and O–H groups in total. The van der Waals surface area contributed by atoms with Crippen LogP contribution in [0.15, 0.2) is 0 Å². The van der Waals surface area contributed by atoms with Crippen molar-refractivity contribution >= 4 is 5.91 Å². The van der Waals surface area contributed by atoms with Crippen LogP contribution in [0.5, 0.6) is 0 Å². The molecule has 0 aromatic carbocycles. The van der Waals surface area contributed by atoms with Gasteiger partial charge in [-0.15, -0.1) is 0 Å². The van der Waals surface area contributed by atoms with Crippen LogP contribution >= 0.6 is 0 Å². The Morgan fingerprint density at radius 1 is 1.44 bits per heavy atom. The van der Waals surface area contributed by atoms with E-state index in [0.29, 0.717) is 12.8 Å². The Labute approximate surface area is 98.0 Å². The summed E-state index contributed by atoms with van der Waals surface area (Å²) in [5, 5.41) is 2.78. The van der Waals surface area contributed by atoms with Crippen LogP contribution < -0.4 is 5.32 Å². The Bertz CT molecular complexity index is 234. The smallest absolute Gasteiger partial charge is 0.257 e. The molecule has 0 radical (unpaired) electrons. The maximum atomic E-state index is 13.6. The minimum absolute atomic E-state index is 0.142. The third kappa shape index (κ3) is 3.46. The molecule has 2 aliphatic carbocycles. The first kappa shape index (κ1) is 13.5. The van der Waals surface area contributed by atoms with Crippen molar-refractivity contribution in [1.82, 2.24) is 5.32 Å². The Balaban J connectivity index is 0.000000606. The van der Waals surface area contributed by atoms with Gasteiger partial charge < -0.3 is 5.32 Å². The molecule has 1 atom stereocenters. The fourth-order valence-electron chi connectivity index (χ4n) is 1.98. The molecule has 16 heavy (non-hydrogen) atoms. The van der Waals surface area contributed by atoms with Crippen LogP contribution in [0.3, 0.4) is 0 Å². The first-order valence-corrected chi connectivity index (χ1v) is 6.60. The zero-order chi connectivity index (χ0) is 12.2. The Kier molecular flexibility index (Phi) is 4.75. The topological polar surface area (TPSA) is 29.1 Å². The molecule has 2 fully saturated rings. The van der Waals surface area contributed by atoms with Crippen LogP contribution in [0.4, 0.5) is 4.39 Å². The molecule has 2 rings (SSSR count). The lowest BCUT2D eigenvalue weighted by Crippen LogP contribution is -2.50. The lowest BCUT2D eigenvalue weighted by atomic mass is 9.81. The minimum Gasteiger partial charge on any atom is -0.351 e. The quantitative estimate of drug-likeness (QED) is 0.788. The van der Waals surface area contributed by atoms with Gasteiger partial charge in [-0.3, -0.25) is 4.79 Å².